The molecule has 0 aliphatic rings. The molecule has 6 heteroatoms. The molecule has 0 aliphatic carbocycles. The minimum atomic E-state index is -1.66. The minimum Gasteiger partial charge on any atom is -0.481 e. The SMILES string of the molecule is Cl.O=C(O)CC(Cl)(Cl)Cl. The Hall–Kier alpha value is 0.630. The monoisotopic (exact) mass is 212 g/mol. The summed E-state index contributed by atoms with van der Waals surface area (Å²) in [5.41, 5.74) is 0. The van der Waals surface area contributed by atoms with Crippen molar-refractivity contribution in [2.24, 2.45) is 0 Å². The molecule has 0 aromatic carbocycles. The molecule has 0 saturated carbocycles. The van der Waals surface area contributed by atoms with Crippen LogP contribution >= 0.6 is 47.2 Å². The molecule has 0 rings (SSSR count). The fourth-order valence-corrected chi connectivity index (χ4v) is 0.514. The van der Waals surface area contributed by atoms with Crippen LogP contribution in [-0.2, 0) is 4.79 Å². The zero-order valence-corrected chi connectivity index (χ0v) is 7.19. The topological polar surface area (TPSA) is 37.3 Å². The molecule has 1 N–H and O–H groups in total. The Bertz CT molecular complexity index is 96.5. The largest absolute Gasteiger partial charge is 0.481 e. The summed E-state index contributed by atoms with van der Waals surface area (Å²) in [5.74, 6) is -1.12. The molecular formula is C3H4Cl4O2. The fraction of sp³-hybridized carbons (Fsp3) is 0.667. The first-order valence-corrected chi connectivity index (χ1v) is 2.84. The lowest BCUT2D eigenvalue weighted by Gasteiger charge is -2.03. The predicted octanol–water partition coefficient (Wildman–Crippen LogP) is 2.25. The van der Waals surface area contributed by atoms with Crippen LogP contribution in [0.3, 0.4) is 0 Å². The number of carbonyl (C=O) groups is 1. The molecule has 0 heterocycles. The van der Waals surface area contributed by atoms with Crippen molar-refractivity contribution in [3.63, 3.8) is 0 Å². The second-order valence-electron chi connectivity index (χ2n) is 1.19. The van der Waals surface area contributed by atoms with Crippen LogP contribution in [0.1, 0.15) is 6.42 Å². The van der Waals surface area contributed by atoms with Crippen LogP contribution in [0, 0.1) is 0 Å². The molecule has 0 aromatic rings. The van der Waals surface area contributed by atoms with Gasteiger partial charge in [-0.25, -0.2) is 0 Å². The summed E-state index contributed by atoms with van der Waals surface area (Å²) >= 11 is 15.2. The van der Waals surface area contributed by atoms with E-state index < -0.39 is 16.2 Å². The smallest absolute Gasteiger partial charge is 0.307 e. The highest BCUT2D eigenvalue weighted by Crippen LogP contribution is 2.29. The van der Waals surface area contributed by atoms with Gasteiger partial charge in [0, 0.05) is 0 Å². The van der Waals surface area contributed by atoms with Gasteiger partial charge in [0.2, 0.25) is 3.79 Å². The normalized spacial score (nSPS) is 10.1. The van der Waals surface area contributed by atoms with Crippen LogP contribution in [-0.4, -0.2) is 14.9 Å². The molecule has 0 spiro atoms. The second kappa shape index (κ2) is 4.45. The molecule has 0 bridgehead atoms. The van der Waals surface area contributed by atoms with Gasteiger partial charge in [0.25, 0.3) is 0 Å². The molecule has 0 radical (unpaired) electrons. The van der Waals surface area contributed by atoms with Crippen LogP contribution < -0.4 is 0 Å². The molecule has 2 nitrogen and oxygen atoms in total. The van der Waals surface area contributed by atoms with Gasteiger partial charge in [-0.2, -0.15) is 0 Å². The van der Waals surface area contributed by atoms with Gasteiger partial charge in [-0.3, -0.25) is 4.79 Å². The molecule has 0 amide bonds. The molecule has 0 fully saturated rings. The Morgan fingerprint density at radius 2 is 1.78 bits per heavy atom. The summed E-state index contributed by atoms with van der Waals surface area (Å²) in [5, 5.41) is 8.00. The molecule has 0 unspecified atom stereocenters. The molecule has 9 heavy (non-hydrogen) atoms. The van der Waals surface area contributed by atoms with Crippen LogP contribution in [0.25, 0.3) is 0 Å². The number of hydrogen-bond acceptors (Lipinski definition) is 1. The Kier molecular flexibility index (Phi) is 6.09. The average molecular weight is 214 g/mol. The van der Waals surface area contributed by atoms with Gasteiger partial charge in [-0.1, -0.05) is 34.8 Å². The van der Waals surface area contributed by atoms with Crippen molar-refractivity contribution in [2.45, 2.75) is 10.2 Å². The van der Waals surface area contributed by atoms with E-state index in [1.54, 1.807) is 0 Å². The highest BCUT2D eigenvalue weighted by molar-refractivity contribution is 6.68. The third kappa shape index (κ3) is 12.0. The lowest BCUT2D eigenvalue weighted by molar-refractivity contribution is -0.136. The molecule has 0 aliphatic heterocycles. The van der Waals surface area contributed by atoms with E-state index in [0.29, 0.717) is 0 Å². The van der Waals surface area contributed by atoms with Crippen LogP contribution in [0.4, 0.5) is 0 Å². The van der Waals surface area contributed by atoms with Gasteiger partial charge in [-0.05, 0) is 0 Å². The van der Waals surface area contributed by atoms with Gasteiger partial charge < -0.3 is 5.11 Å². The van der Waals surface area contributed by atoms with E-state index in [-0.39, 0.29) is 12.4 Å². The first-order chi connectivity index (χ1) is 3.42. The van der Waals surface area contributed by atoms with Crippen molar-refractivity contribution in [1.29, 1.82) is 0 Å². The van der Waals surface area contributed by atoms with Gasteiger partial charge in [0.15, 0.2) is 0 Å². The summed E-state index contributed by atoms with van der Waals surface area (Å²) in [6, 6.07) is 0. The van der Waals surface area contributed by atoms with Crippen molar-refractivity contribution in [3.8, 4) is 0 Å². The van der Waals surface area contributed by atoms with Gasteiger partial charge in [0.1, 0.15) is 0 Å². The molecule has 0 aromatic heterocycles. The summed E-state index contributed by atoms with van der Waals surface area (Å²) in [7, 11) is 0. The van der Waals surface area contributed by atoms with Crippen LogP contribution in [0.15, 0.2) is 0 Å². The van der Waals surface area contributed by atoms with E-state index in [1.165, 1.54) is 0 Å². The summed E-state index contributed by atoms with van der Waals surface area (Å²) in [4.78, 5) is 9.76. The van der Waals surface area contributed by atoms with Gasteiger partial charge in [0.05, 0.1) is 6.42 Å². The number of hydrogen-bond donors (Lipinski definition) is 1. The number of carboxylic acid groups (broad SMARTS) is 1. The average Bonchev–Trinajstić information content (AvgIpc) is 1.21. The highest BCUT2D eigenvalue weighted by Gasteiger charge is 2.23. The van der Waals surface area contributed by atoms with Crippen molar-refractivity contribution < 1.29 is 9.90 Å². The second-order valence-corrected chi connectivity index (χ2v) is 3.70. The third-order valence-electron chi connectivity index (χ3n) is 0.352. The maximum atomic E-state index is 9.76. The Morgan fingerprint density at radius 3 is 1.78 bits per heavy atom. The van der Waals surface area contributed by atoms with Crippen molar-refractivity contribution >= 4 is 53.2 Å². The van der Waals surface area contributed by atoms with E-state index in [4.69, 9.17) is 39.9 Å². The van der Waals surface area contributed by atoms with Gasteiger partial charge in [-0.15, -0.1) is 12.4 Å². The molecule has 0 atom stereocenters. The zero-order valence-electron chi connectivity index (χ0n) is 4.10. The maximum Gasteiger partial charge on any atom is 0.307 e. The van der Waals surface area contributed by atoms with E-state index >= 15 is 0 Å². The van der Waals surface area contributed by atoms with Crippen LogP contribution in [0.5, 0.6) is 0 Å². The standard InChI is InChI=1S/C3H3Cl3O2.ClH/c4-3(5,6)1-2(7)8;/h1H2,(H,7,8);1H. The van der Waals surface area contributed by atoms with Crippen molar-refractivity contribution in [2.75, 3.05) is 0 Å². The quantitative estimate of drug-likeness (QED) is 0.679. The Balaban J connectivity index is 0. The number of carboxylic acids is 1. The number of rotatable bonds is 1. The Labute approximate surface area is 73.5 Å². The van der Waals surface area contributed by atoms with Crippen molar-refractivity contribution in [1.82, 2.24) is 0 Å². The number of halogens is 4. The van der Waals surface area contributed by atoms with E-state index in [0.717, 1.165) is 0 Å². The minimum absolute atomic E-state index is 0. The number of alkyl halides is 3. The summed E-state index contributed by atoms with van der Waals surface area (Å²) < 4.78 is -1.66. The zero-order chi connectivity index (χ0) is 6.78. The Morgan fingerprint density at radius 1 is 1.44 bits per heavy atom. The predicted molar refractivity (Wildman–Crippen MR) is 39.8 cm³/mol. The maximum absolute atomic E-state index is 9.76. The third-order valence-corrected chi connectivity index (χ3v) is 0.753. The molecule has 56 valence electrons. The summed E-state index contributed by atoms with van der Waals surface area (Å²) in [6.07, 6.45) is -0.461. The number of aliphatic carboxylic acids is 1. The molecular weight excluding hydrogens is 210 g/mol. The summed E-state index contributed by atoms with van der Waals surface area (Å²) in [6.45, 7) is 0. The van der Waals surface area contributed by atoms with Crippen molar-refractivity contribution in [3.05, 3.63) is 0 Å². The lowest BCUT2D eigenvalue weighted by Crippen LogP contribution is -2.09. The van der Waals surface area contributed by atoms with Crippen LogP contribution in [0.2, 0.25) is 0 Å². The molecule has 0 saturated heterocycles. The van der Waals surface area contributed by atoms with Gasteiger partial charge >= 0.3 is 5.97 Å². The van der Waals surface area contributed by atoms with E-state index in [1.807, 2.05) is 0 Å². The highest BCUT2D eigenvalue weighted by atomic mass is 35.6. The first-order valence-electron chi connectivity index (χ1n) is 1.70. The van der Waals surface area contributed by atoms with E-state index in [2.05, 4.69) is 0 Å². The first kappa shape index (κ1) is 12.3. The van der Waals surface area contributed by atoms with E-state index in [9.17, 15) is 4.79 Å². The fourth-order valence-electron chi connectivity index (χ4n) is 0.171. The lowest BCUT2D eigenvalue weighted by atomic mass is 10.5.